The summed E-state index contributed by atoms with van der Waals surface area (Å²) in [5.41, 5.74) is 4.28. The molecule has 4 aromatic carbocycles. The van der Waals surface area contributed by atoms with Gasteiger partial charge in [-0.3, -0.25) is 9.58 Å². The Labute approximate surface area is 204 Å². The minimum absolute atomic E-state index is 0.255. The molecule has 0 radical (unpaired) electrons. The molecule has 6 rings (SSSR count). The van der Waals surface area contributed by atoms with Gasteiger partial charge in [-0.25, -0.2) is 4.39 Å². The molecule has 1 aromatic heterocycles. The van der Waals surface area contributed by atoms with Crippen molar-refractivity contribution >= 4 is 0 Å². The van der Waals surface area contributed by atoms with Crippen LogP contribution >= 0.6 is 0 Å². The molecule has 4 nitrogen and oxygen atoms in total. The monoisotopic (exact) mass is 460 g/mol. The van der Waals surface area contributed by atoms with Crippen LogP contribution in [0.2, 0.25) is 0 Å². The molecule has 0 aliphatic carbocycles. The molecule has 1 fully saturated rings. The van der Waals surface area contributed by atoms with Gasteiger partial charge in [0.05, 0.1) is 18.3 Å². The van der Waals surface area contributed by atoms with E-state index in [9.17, 15) is 4.39 Å². The quantitative estimate of drug-likeness (QED) is 0.229. The third-order valence-corrected chi connectivity index (χ3v) is 6.81. The number of hydrogen-bond donors (Lipinski definition) is 0. The first kappa shape index (κ1) is 21.4. The van der Waals surface area contributed by atoms with Gasteiger partial charge in [-0.05, 0) is 28.8 Å². The van der Waals surface area contributed by atoms with Crippen LogP contribution in [0.25, 0.3) is 11.3 Å². The van der Waals surface area contributed by atoms with Gasteiger partial charge in [0.15, 0.2) is 0 Å². The Balaban J connectivity index is 1.38. The fraction of sp³-hybridized carbons (Fsp3) is 0.133. The third kappa shape index (κ3) is 3.84. The molecule has 2 unspecified atom stereocenters. The molecule has 1 saturated heterocycles. The molecule has 2 heterocycles. The van der Waals surface area contributed by atoms with Gasteiger partial charge in [0, 0.05) is 18.2 Å². The summed E-state index contributed by atoms with van der Waals surface area (Å²) in [5, 5.41) is 8.57. The van der Waals surface area contributed by atoms with Crippen LogP contribution in [-0.4, -0.2) is 32.5 Å². The summed E-state index contributed by atoms with van der Waals surface area (Å²) in [4.78, 5) is 2.53. The first-order valence-corrected chi connectivity index (χ1v) is 11.8. The molecule has 0 N–H and O–H groups in total. The second-order valence-corrected chi connectivity index (χ2v) is 8.92. The van der Waals surface area contributed by atoms with Crippen LogP contribution in [0.3, 0.4) is 0 Å². The van der Waals surface area contributed by atoms with Crippen LogP contribution in [-0.2, 0) is 12.1 Å². The first-order valence-electron chi connectivity index (χ1n) is 11.8. The lowest BCUT2D eigenvalue weighted by Crippen LogP contribution is -2.39. The summed E-state index contributed by atoms with van der Waals surface area (Å²) in [6.07, 6.45) is 1.84. The lowest BCUT2D eigenvalue weighted by Gasteiger charge is -2.38. The normalized spacial score (nSPS) is 17.3. The zero-order chi connectivity index (χ0) is 23.7. The summed E-state index contributed by atoms with van der Waals surface area (Å²) in [5.74, 6) is -0.288. The Morgan fingerprint density at radius 3 is 1.77 bits per heavy atom. The van der Waals surface area contributed by atoms with Crippen LogP contribution in [0.5, 0.6) is 0 Å². The molecule has 0 bridgehead atoms. The topological polar surface area (TPSA) is 33.7 Å². The van der Waals surface area contributed by atoms with Crippen molar-refractivity contribution in [1.29, 1.82) is 0 Å². The second-order valence-electron chi connectivity index (χ2n) is 8.92. The Hall–Kier alpha value is -4.09. The molecule has 5 aromatic rings. The number of rotatable bonds is 7. The SMILES string of the molecule is Fc1ccccc1-c1cn(CC2CN2C(c2ccccc2)(c2ccccc2)c2ccccc2)nn1. The van der Waals surface area contributed by atoms with Gasteiger partial charge in [-0.1, -0.05) is 108 Å². The van der Waals surface area contributed by atoms with Gasteiger partial charge in [-0.15, -0.1) is 5.10 Å². The Bertz CT molecular complexity index is 1320. The van der Waals surface area contributed by atoms with Crippen LogP contribution in [0.1, 0.15) is 16.7 Å². The second kappa shape index (κ2) is 8.93. The predicted molar refractivity (Wildman–Crippen MR) is 135 cm³/mol. The Morgan fingerprint density at radius 1 is 0.714 bits per heavy atom. The summed E-state index contributed by atoms with van der Waals surface area (Å²) in [6, 6.07) is 39.0. The molecule has 0 spiro atoms. The third-order valence-electron chi connectivity index (χ3n) is 6.81. The summed E-state index contributed by atoms with van der Waals surface area (Å²) < 4.78 is 16.1. The number of benzene rings is 4. The van der Waals surface area contributed by atoms with E-state index in [2.05, 4.69) is 106 Å². The van der Waals surface area contributed by atoms with Crippen LogP contribution in [0, 0.1) is 5.82 Å². The molecule has 1 aliphatic heterocycles. The minimum atomic E-state index is -0.427. The van der Waals surface area contributed by atoms with Crippen molar-refractivity contribution in [1.82, 2.24) is 19.9 Å². The lowest BCUT2D eigenvalue weighted by molar-refractivity contribution is 0.306. The van der Waals surface area contributed by atoms with Crippen LogP contribution in [0.4, 0.5) is 4.39 Å². The van der Waals surface area contributed by atoms with E-state index in [4.69, 9.17) is 0 Å². The van der Waals surface area contributed by atoms with Crippen molar-refractivity contribution < 1.29 is 4.39 Å². The van der Waals surface area contributed by atoms with E-state index in [1.807, 2.05) is 16.9 Å². The van der Waals surface area contributed by atoms with Crippen molar-refractivity contribution in [3.8, 4) is 11.3 Å². The zero-order valence-electron chi connectivity index (χ0n) is 19.2. The Morgan fingerprint density at radius 2 is 1.23 bits per heavy atom. The number of halogens is 1. The van der Waals surface area contributed by atoms with Crippen LogP contribution in [0.15, 0.2) is 121 Å². The highest BCUT2D eigenvalue weighted by atomic mass is 19.1. The van der Waals surface area contributed by atoms with Crippen molar-refractivity contribution in [3.63, 3.8) is 0 Å². The van der Waals surface area contributed by atoms with Gasteiger partial charge in [0.1, 0.15) is 11.5 Å². The summed E-state index contributed by atoms with van der Waals surface area (Å²) in [7, 11) is 0. The first-order chi connectivity index (χ1) is 17.3. The zero-order valence-corrected chi connectivity index (χ0v) is 19.2. The maximum atomic E-state index is 14.3. The van der Waals surface area contributed by atoms with Gasteiger partial charge in [-0.2, -0.15) is 0 Å². The molecular weight excluding hydrogens is 435 g/mol. The van der Waals surface area contributed by atoms with Crippen LogP contribution < -0.4 is 0 Å². The highest BCUT2D eigenvalue weighted by Gasteiger charge is 2.53. The predicted octanol–water partition coefficient (Wildman–Crippen LogP) is 5.76. The lowest BCUT2D eigenvalue weighted by atomic mass is 9.76. The Kier molecular flexibility index (Phi) is 5.47. The average Bonchev–Trinajstić information content (AvgIpc) is 3.52. The molecule has 2 atom stereocenters. The highest BCUT2D eigenvalue weighted by molar-refractivity contribution is 5.58. The number of aromatic nitrogens is 3. The molecule has 1 aliphatic rings. The van der Waals surface area contributed by atoms with E-state index in [1.54, 1.807) is 12.1 Å². The van der Waals surface area contributed by atoms with Crippen molar-refractivity contribution in [2.75, 3.05) is 6.54 Å². The van der Waals surface area contributed by atoms with E-state index in [0.29, 0.717) is 17.8 Å². The van der Waals surface area contributed by atoms with Crippen molar-refractivity contribution in [2.24, 2.45) is 0 Å². The number of hydrogen-bond acceptors (Lipinski definition) is 3. The summed E-state index contributed by atoms with van der Waals surface area (Å²) in [6.45, 7) is 1.59. The smallest absolute Gasteiger partial charge is 0.132 e. The van der Waals surface area contributed by atoms with Gasteiger partial charge in [0.25, 0.3) is 0 Å². The van der Waals surface area contributed by atoms with Gasteiger partial charge >= 0.3 is 0 Å². The van der Waals surface area contributed by atoms with E-state index in [1.165, 1.54) is 22.8 Å². The van der Waals surface area contributed by atoms with Gasteiger partial charge < -0.3 is 0 Å². The largest absolute Gasteiger partial charge is 0.278 e. The van der Waals surface area contributed by atoms with E-state index >= 15 is 0 Å². The maximum Gasteiger partial charge on any atom is 0.132 e. The van der Waals surface area contributed by atoms with E-state index in [-0.39, 0.29) is 11.9 Å². The molecule has 0 amide bonds. The molecule has 35 heavy (non-hydrogen) atoms. The average molecular weight is 461 g/mol. The minimum Gasteiger partial charge on any atom is -0.278 e. The van der Waals surface area contributed by atoms with E-state index < -0.39 is 5.54 Å². The highest BCUT2D eigenvalue weighted by Crippen LogP contribution is 2.48. The fourth-order valence-corrected chi connectivity index (χ4v) is 5.18. The van der Waals surface area contributed by atoms with Crippen molar-refractivity contribution in [2.45, 2.75) is 18.1 Å². The van der Waals surface area contributed by atoms with Crippen molar-refractivity contribution in [3.05, 3.63) is 144 Å². The fourth-order valence-electron chi connectivity index (χ4n) is 5.18. The molecule has 172 valence electrons. The molecular formula is C30H25FN4. The molecule has 0 saturated carbocycles. The van der Waals surface area contributed by atoms with E-state index in [0.717, 1.165) is 6.54 Å². The standard InChI is InChI=1S/C30H25FN4/c31-28-19-11-10-18-27(28)29-22-34(33-32-29)20-26-21-35(26)30(23-12-4-1-5-13-23,24-14-6-2-7-15-24)25-16-8-3-9-17-25/h1-19,22,26H,20-21H2. The van der Waals surface area contributed by atoms with Gasteiger partial charge in [0.2, 0.25) is 0 Å². The number of nitrogens with zero attached hydrogens (tertiary/aromatic N) is 4. The maximum absolute atomic E-state index is 14.3. The molecule has 5 heteroatoms. The summed E-state index contributed by atoms with van der Waals surface area (Å²) >= 11 is 0.